The summed E-state index contributed by atoms with van der Waals surface area (Å²) in [5.41, 5.74) is 7.28. The van der Waals surface area contributed by atoms with E-state index in [4.69, 9.17) is 24.2 Å². The van der Waals surface area contributed by atoms with Crippen molar-refractivity contribution in [1.29, 1.82) is 0 Å². The van der Waals surface area contributed by atoms with E-state index in [1.165, 1.54) is 0 Å². The van der Waals surface area contributed by atoms with Crippen LogP contribution in [-0.2, 0) is 30.8 Å². The monoisotopic (exact) mass is 687 g/mol. The Morgan fingerprint density at radius 3 is 1.60 bits per heavy atom. The third kappa shape index (κ3) is 8.38. The molecule has 260 valence electrons. The second kappa shape index (κ2) is 15.4. The van der Waals surface area contributed by atoms with Crippen LogP contribution in [0.15, 0.2) is 146 Å². The van der Waals surface area contributed by atoms with Crippen LogP contribution in [0.1, 0.15) is 54.4 Å². The fraction of sp³-hybridized carbons (Fsp3) is 0.178. The van der Waals surface area contributed by atoms with Gasteiger partial charge in [-0.2, -0.15) is 0 Å². The number of esters is 1. The molecule has 7 rings (SSSR count). The maximum Gasteiger partial charge on any atom is 0.317 e. The average Bonchev–Trinajstić information content (AvgIpc) is 3.51. The smallest absolute Gasteiger partial charge is 0.317 e. The largest absolute Gasteiger partial charge is 0.489 e. The van der Waals surface area contributed by atoms with Crippen LogP contribution in [0.5, 0.6) is 17.4 Å². The predicted octanol–water partition coefficient (Wildman–Crippen LogP) is 9.69. The molecule has 0 amide bonds. The highest BCUT2D eigenvalue weighted by Crippen LogP contribution is 2.32. The van der Waals surface area contributed by atoms with Crippen LogP contribution in [0, 0.1) is 5.41 Å². The highest BCUT2D eigenvalue weighted by molar-refractivity contribution is 5.78. The number of carbonyl (C=O) groups excluding carboxylic acids is 1. The zero-order valence-electron chi connectivity index (χ0n) is 29.7. The first kappa shape index (κ1) is 34.2. The average molecular weight is 688 g/mol. The van der Waals surface area contributed by atoms with E-state index < -0.39 is 5.41 Å². The number of aromatic nitrogens is 3. The third-order valence-electron chi connectivity index (χ3n) is 8.66. The summed E-state index contributed by atoms with van der Waals surface area (Å²) < 4.78 is 20.2. The van der Waals surface area contributed by atoms with Crippen molar-refractivity contribution in [3.63, 3.8) is 0 Å². The number of rotatable bonds is 12. The van der Waals surface area contributed by atoms with E-state index in [0.29, 0.717) is 43.3 Å². The topological polar surface area (TPSA) is 75.0 Å². The van der Waals surface area contributed by atoms with Gasteiger partial charge in [-0.05, 0) is 79.4 Å². The van der Waals surface area contributed by atoms with E-state index in [9.17, 15) is 4.79 Å². The van der Waals surface area contributed by atoms with E-state index in [2.05, 4.69) is 12.1 Å². The van der Waals surface area contributed by atoms with Gasteiger partial charge in [0.1, 0.15) is 30.4 Å². The quantitative estimate of drug-likeness (QED) is 0.119. The third-order valence-corrected chi connectivity index (χ3v) is 8.66. The van der Waals surface area contributed by atoms with Gasteiger partial charge in [-0.15, -0.1) is 0 Å². The van der Waals surface area contributed by atoms with Crippen molar-refractivity contribution < 1.29 is 19.0 Å². The zero-order chi connectivity index (χ0) is 35.9. The number of carbonyl (C=O) groups is 1. The van der Waals surface area contributed by atoms with Gasteiger partial charge in [-0.1, -0.05) is 103 Å². The summed E-state index contributed by atoms with van der Waals surface area (Å²) in [6.07, 6.45) is 2.90. The van der Waals surface area contributed by atoms with Crippen molar-refractivity contribution in [3.05, 3.63) is 179 Å². The summed E-state index contributed by atoms with van der Waals surface area (Å²) in [7, 11) is 0. The molecule has 2 heterocycles. The van der Waals surface area contributed by atoms with Gasteiger partial charge in [0.2, 0.25) is 5.88 Å². The van der Waals surface area contributed by atoms with Crippen molar-refractivity contribution in [2.75, 3.05) is 0 Å². The van der Waals surface area contributed by atoms with Gasteiger partial charge < -0.3 is 14.2 Å². The lowest BCUT2D eigenvalue weighted by Crippen LogP contribution is -2.26. The predicted molar refractivity (Wildman–Crippen MR) is 204 cm³/mol. The lowest BCUT2D eigenvalue weighted by atomic mass is 9.97. The highest BCUT2D eigenvalue weighted by atomic mass is 16.5. The van der Waals surface area contributed by atoms with E-state index in [1.807, 2.05) is 159 Å². The van der Waals surface area contributed by atoms with E-state index >= 15 is 0 Å². The number of ether oxygens (including phenoxy) is 3. The van der Waals surface area contributed by atoms with Crippen molar-refractivity contribution in [3.8, 4) is 28.6 Å². The van der Waals surface area contributed by atoms with Crippen LogP contribution in [0.4, 0.5) is 0 Å². The second-order valence-electron chi connectivity index (χ2n) is 13.8. The molecule has 7 aromatic rings. The van der Waals surface area contributed by atoms with Gasteiger partial charge in [0, 0.05) is 24.6 Å². The molecule has 7 heteroatoms. The SMILES string of the molecule is CC(C)(C)C(=O)Oc1c(Cc2ccc(OCc3ccccc3)cc2)nc2c(Cc3ccccc3)nc(-c3ccc(OCc4ccccc4)cc3)cn12. The number of hydrogen-bond acceptors (Lipinski definition) is 6. The summed E-state index contributed by atoms with van der Waals surface area (Å²) >= 11 is 0. The zero-order valence-corrected chi connectivity index (χ0v) is 29.7. The Balaban J connectivity index is 1.24. The standard InChI is InChI=1S/C45H41N3O4/c1-45(2,3)44(49)52-43-40(28-33-19-23-37(24-20-33)50-30-34-15-9-5-10-16-34)47-42-39(27-32-13-7-4-8-14-32)46-41(29-48(42)43)36-21-25-38(26-22-36)51-31-35-17-11-6-12-18-35/h4-26,29H,27-28,30-31H2,1-3H3. The molecule has 5 aromatic carbocycles. The van der Waals surface area contributed by atoms with Gasteiger partial charge in [0.15, 0.2) is 5.65 Å². The number of benzene rings is 5. The summed E-state index contributed by atoms with van der Waals surface area (Å²) in [6.45, 7) is 6.52. The van der Waals surface area contributed by atoms with Gasteiger partial charge in [-0.25, -0.2) is 9.97 Å². The van der Waals surface area contributed by atoms with Gasteiger partial charge >= 0.3 is 5.97 Å². The lowest BCUT2D eigenvalue weighted by Gasteiger charge is -2.17. The van der Waals surface area contributed by atoms with Crippen molar-refractivity contribution in [2.24, 2.45) is 5.41 Å². The van der Waals surface area contributed by atoms with E-state index in [-0.39, 0.29) is 5.97 Å². The molecule has 0 fully saturated rings. The minimum Gasteiger partial charge on any atom is -0.489 e. The van der Waals surface area contributed by atoms with Crippen LogP contribution in [-0.4, -0.2) is 20.3 Å². The van der Waals surface area contributed by atoms with E-state index in [0.717, 1.165) is 50.7 Å². The number of imidazole rings is 1. The molecular weight excluding hydrogens is 647 g/mol. The Labute approximate surface area is 304 Å². The molecule has 0 N–H and O–H groups in total. The maximum absolute atomic E-state index is 13.4. The van der Waals surface area contributed by atoms with Gasteiger partial charge in [-0.3, -0.25) is 9.20 Å². The molecule has 0 unspecified atom stereocenters. The molecule has 0 aliphatic carbocycles. The second-order valence-corrected chi connectivity index (χ2v) is 13.8. The molecule has 0 aliphatic heterocycles. The summed E-state index contributed by atoms with van der Waals surface area (Å²) in [6, 6.07) is 46.2. The van der Waals surface area contributed by atoms with Gasteiger partial charge in [0.05, 0.1) is 16.8 Å². The molecule has 0 saturated carbocycles. The molecular formula is C45H41N3O4. The molecule has 2 aromatic heterocycles. The summed E-state index contributed by atoms with van der Waals surface area (Å²) in [5, 5.41) is 0. The Bertz CT molecular complexity index is 2240. The van der Waals surface area contributed by atoms with Crippen LogP contribution in [0.2, 0.25) is 0 Å². The van der Waals surface area contributed by atoms with Crippen LogP contribution >= 0.6 is 0 Å². The van der Waals surface area contributed by atoms with Crippen molar-refractivity contribution >= 4 is 11.6 Å². The molecule has 0 radical (unpaired) electrons. The molecule has 0 atom stereocenters. The number of hydrogen-bond donors (Lipinski definition) is 0. The van der Waals surface area contributed by atoms with E-state index in [1.54, 1.807) is 0 Å². The van der Waals surface area contributed by atoms with Crippen LogP contribution in [0.25, 0.3) is 16.9 Å². The van der Waals surface area contributed by atoms with Crippen LogP contribution in [0.3, 0.4) is 0 Å². The Kier molecular flexibility index (Phi) is 10.1. The fourth-order valence-electron chi connectivity index (χ4n) is 5.75. The number of nitrogens with zero attached hydrogens (tertiary/aromatic N) is 3. The normalized spacial score (nSPS) is 11.4. The highest BCUT2D eigenvalue weighted by Gasteiger charge is 2.28. The first-order valence-electron chi connectivity index (χ1n) is 17.5. The van der Waals surface area contributed by atoms with Gasteiger partial charge in [0.25, 0.3) is 0 Å². The molecule has 52 heavy (non-hydrogen) atoms. The maximum atomic E-state index is 13.4. The number of fused-ring (bicyclic) bond motifs is 1. The Morgan fingerprint density at radius 2 is 1.06 bits per heavy atom. The van der Waals surface area contributed by atoms with Crippen molar-refractivity contribution in [2.45, 2.75) is 46.8 Å². The van der Waals surface area contributed by atoms with Crippen LogP contribution < -0.4 is 14.2 Å². The first-order chi connectivity index (χ1) is 25.3. The molecule has 0 spiro atoms. The first-order valence-corrected chi connectivity index (χ1v) is 17.5. The minimum absolute atomic E-state index is 0.344. The lowest BCUT2D eigenvalue weighted by molar-refractivity contribution is -0.143. The Hall–Kier alpha value is -6.21. The Morgan fingerprint density at radius 1 is 0.577 bits per heavy atom. The summed E-state index contributed by atoms with van der Waals surface area (Å²) in [5.74, 6) is 1.58. The fourth-order valence-corrected chi connectivity index (χ4v) is 5.75. The summed E-state index contributed by atoms with van der Waals surface area (Å²) in [4.78, 5) is 23.7. The van der Waals surface area contributed by atoms with Crippen molar-refractivity contribution in [1.82, 2.24) is 14.4 Å². The molecule has 0 saturated heterocycles. The molecule has 0 bridgehead atoms. The minimum atomic E-state index is -0.725. The molecule has 0 aliphatic rings. The molecule has 7 nitrogen and oxygen atoms in total.